The molecule has 16 heavy (non-hydrogen) atoms. The van der Waals surface area contributed by atoms with Crippen LogP contribution in [0.25, 0.3) is 0 Å². The molecule has 2 N–H and O–H groups in total. The fourth-order valence-corrected chi connectivity index (χ4v) is 2.33. The van der Waals surface area contributed by atoms with E-state index in [0.29, 0.717) is 6.61 Å². The molecule has 0 radical (unpaired) electrons. The van der Waals surface area contributed by atoms with Gasteiger partial charge in [0, 0.05) is 13.2 Å². The van der Waals surface area contributed by atoms with Gasteiger partial charge in [0.2, 0.25) is 0 Å². The Balaban J connectivity index is 2.21. The number of nitrogens with zero attached hydrogens (tertiary/aromatic N) is 1. The molecule has 1 fully saturated rings. The van der Waals surface area contributed by atoms with Crippen LogP contribution in [0, 0.1) is 0 Å². The summed E-state index contributed by atoms with van der Waals surface area (Å²) in [6.07, 6.45) is 3.31. The Labute approximate surface area is 94.0 Å². The van der Waals surface area contributed by atoms with E-state index in [0.717, 1.165) is 31.4 Å². The van der Waals surface area contributed by atoms with Gasteiger partial charge in [-0.25, -0.2) is 4.68 Å². The molecule has 1 saturated carbocycles. The maximum absolute atomic E-state index is 11.7. The van der Waals surface area contributed by atoms with E-state index in [9.17, 15) is 9.90 Å². The van der Waals surface area contributed by atoms with Crippen LogP contribution in [-0.4, -0.2) is 28.1 Å². The van der Waals surface area contributed by atoms with Gasteiger partial charge in [0.25, 0.3) is 5.56 Å². The summed E-state index contributed by atoms with van der Waals surface area (Å²) in [5, 5.41) is 12.9. The molecular weight excluding hydrogens is 208 g/mol. The number of rotatable bonds is 3. The van der Waals surface area contributed by atoms with Crippen molar-refractivity contribution in [1.82, 2.24) is 9.78 Å². The minimum Gasteiger partial charge on any atom is -0.391 e. The zero-order chi connectivity index (χ0) is 11.5. The summed E-state index contributed by atoms with van der Waals surface area (Å²) in [4.78, 5) is 11.7. The van der Waals surface area contributed by atoms with Crippen molar-refractivity contribution >= 4 is 0 Å². The van der Waals surface area contributed by atoms with E-state index >= 15 is 0 Å². The molecule has 0 spiro atoms. The van der Waals surface area contributed by atoms with Gasteiger partial charge in [0.15, 0.2) is 0 Å². The second-order valence-corrected chi connectivity index (χ2v) is 4.34. The third-order valence-corrected chi connectivity index (χ3v) is 3.12. The zero-order valence-corrected chi connectivity index (χ0v) is 9.48. The summed E-state index contributed by atoms with van der Waals surface area (Å²) in [5.41, 5.74) is 0.670. The van der Waals surface area contributed by atoms with Gasteiger partial charge in [-0.15, -0.1) is 0 Å². The number of aliphatic hydroxyl groups is 1. The number of hydrogen-bond donors (Lipinski definition) is 2. The van der Waals surface area contributed by atoms with Crippen LogP contribution >= 0.6 is 0 Å². The van der Waals surface area contributed by atoms with Gasteiger partial charge >= 0.3 is 0 Å². The van der Waals surface area contributed by atoms with Crippen LogP contribution in [0.5, 0.6) is 0 Å². The first kappa shape index (κ1) is 11.4. The molecule has 0 bridgehead atoms. The van der Waals surface area contributed by atoms with E-state index in [2.05, 4.69) is 5.10 Å². The summed E-state index contributed by atoms with van der Waals surface area (Å²) in [6, 6.07) is 1.43. The number of H-pyrrole nitrogens is 1. The lowest BCUT2D eigenvalue weighted by atomic mass is 9.93. The van der Waals surface area contributed by atoms with E-state index in [-0.39, 0.29) is 11.6 Å². The van der Waals surface area contributed by atoms with Crippen LogP contribution in [0.15, 0.2) is 10.9 Å². The third-order valence-electron chi connectivity index (χ3n) is 3.12. The van der Waals surface area contributed by atoms with Crippen LogP contribution in [0.4, 0.5) is 0 Å². The predicted octanol–water partition coefficient (Wildman–Crippen LogP) is 0.799. The second-order valence-electron chi connectivity index (χ2n) is 4.34. The Morgan fingerprint density at radius 1 is 1.56 bits per heavy atom. The van der Waals surface area contributed by atoms with Gasteiger partial charge < -0.3 is 9.84 Å². The van der Waals surface area contributed by atoms with Crippen LogP contribution in [-0.2, 0) is 11.3 Å². The van der Waals surface area contributed by atoms with E-state index in [1.54, 1.807) is 7.11 Å². The first-order chi connectivity index (χ1) is 7.72. The van der Waals surface area contributed by atoms with Crippen LogP contribution < -0.4 is 5.56 Å². The van der Waals surface area contributed by atoms with E-state index in [1.807, 2.05) is 0 Å². The van der Waals surface area contributed by atoms with Gasteiger partial charge in [-0.1, -0.05) is 12.8 Å². The van der Waals surface area contributed by atoms with Crippen molar-refractivity contribution in [2.75, 3.05) is 7.11 Å². The van der Waals surface area contributed by atoms with Crippen molar-refractivity contribution in [2.24, 2.45) is 0 Å². The van der Waals surface area contributed by atoms with Crippen LogP contribution in [0.2, 0.25) is 0 Å². The van der Waals surface area contributed by atoms with Gasteiger partial charge in [-0.2, -0.15) is 0 Å². The monoisotopic (exact) mass is 226 g/mol. The largest absolute Gasteiger partial charge is 0.391 e. The molecule has 1 aromatic heterocycles. The summed E-state index contributed by atoms with van der Waals surface area (Å²) < 4.78 is 6.50. The smallest absolute Gasteiger partial charge is 0.267 e. The molecule has 5 nitrogen and oxygen atoms in total. The average molecular weight is 226 g/mol. The van der Waals surface area contributed by atoms with Crippen molar-refractivity contribution in [3.8, 4) is 0 Å². The maximum Gasteiger partial charge on any atom is 0.267 e. The minimum absolute atomic E-state index is 0.0852. The SMILES string of the molecule is COCc1cc(=O)n(C2CCCCC2O)[nH]1. The number of aromatic amines is 1. The highest BCUT2D eigenvalue weighted by Crippen LogP contribution is 2.26. The van der Waals surface area contributed by atoms with Gasteiger partial charge in [0.05, 0.1) is 24.4 Å². The fourth-order valence-electron chi connectivity index (χ4n) is 2.33. The van der Waals surface area contributed by atoms with Gasteiger partial charge in [-0.3, -0.25) is 9.89 Å². The summed E-state index contributed by atoms with van der Waals surface area (Å²) in [6.45, 7) is 0.394. The molecule has 1 aliphatic rings. The highest BCUT2D eigenvalue weighted by molar-refractivity contribution is 5.00. The van der Waals surface area contributed by atoms with Crippen molar-refractivity contribution in [2.45, 2.75) is 44.4 Å². The molecule has 0 saturated heterocycles. The zero-order valence-electron chi connectivity index (χ0n) is 9.48. The number of aliphatic hydroxyl groups excluding tert-OH is 1. The Hall–Kier alpha value is -1.07. The first-order valence-corrected chi connectivity index (χ1v) is 5.70. The molecule has 0 amide bonds. The Morgan fingerprint density at radius 2 is 2.31 bits per heavy atom. The number of hydrogen-bond acceptors (Lipinski definition) is 3. The third kappa shape index (κ3) is 2.20. The predicted molar refractivity (Wildman–Crippen MR) is 59.3 cm³/mol. The molecule has 1 aliphatic carbocycles. The maximum atomic E-state index is 11.7. The molecule has 90 valence electrons. The van der Waals surface area contributed by atoms with E-state index in [1.165, 1.54) is 10.7 Å². The van der Waals surface area contributed by atoms with Gasteiger partial charge in [-0.05, 0) is 12.8 Å². The molecule has 0 aromatic carbocycles. The topological polar surface area (TPSA) is 67.2 Å². The molecule has 5 heteroatoms. The van der Waals surface area contributed by atoms with E-state index in [4.69, 9.17) is 4.74 Å². The Kier molecular flexibility index (Phi) is 3.46. The van der Waals surface area contributed by atoms with E-state index < -0.39 is 6.10 Å². The highest BCUT2D eigenvalue weighted by Gasteiger charge is 2.26. The molecule has 2 rings (SSSR count). The number of aromatic nitrogens is 2. The molecule has 2 unspecified atom stereocenters. The normalized spacial score (nSPS) is 25.9. The Morgan fingerprint density at radius 3 is 3.00 bits per heavy atom. The second kappa shape index (κ2) is 4.84. The van der Waals surface area contributed by atoms with Crippen molar-refractivity contribution in [1.29, 1.82) is 0 Å². The van der Waals surface area contributed by atoms with Crippen LogP contribution in [0.3, 0.4) is 0 Å². The summed E-state index contributed by atoms with van der Waals surface area (Å²) in [7, 11) is 1.59. The molecular formula is C11H18N2O3. The number of nitrogens with one attached hydrogen (secondary N) is 1. The van der Waals surface area contributed by atoms with Crippen molar-refractivity contribution in [3.05, 3.63) is 22.1 Å². The van der Waals surface area contributed by atoms with Crippen LogP contribution in [0.1, 0.15) is 37.4 Å². The molecule has 1 heterocycles. The summed E-state index contributed by atoms with van der Waals surface area (Å²) >= 11 is 0. The number of methoxy groups -OCH3 is 1. The molecule has 2 atom stereocenters. The van der Waals surface area contributed by atoms with Crippen molar-refractivity contribution in [3.63, 3.8) is 0 Å². The van der Waals surface area contributed by atoms with Gasteiger partial charge in [0.1, 0.15) is 0 Å². The fraction of sp³-hybridized carbons (Fsp3) is 0.727. The quantitative estimate of drug-likeness (QED) is 0.801. The first-order valence-electron chi connectivity index (χ1n) is 5.70. The standard InChI is InChI=1S/C11H18N2O3/c1-16-7-8-6-11(15)13(12-8)9-4-2-3-5-10(9)14/h6,9-10,12,14H,2-5,7H2,1H3. The number of ether oxygens (including phenoxy) is 1. The molecule has 0 aliphatic heterocycles. The van der Waals surface area contributed by atoms with Crippen molar-refractivity contribution < 1.29 is 9.84 Å². The Bertz CT molecular complexity index is 396. The minimum atomic E-state index is -0.416. The average Bonchev–Trinajstić information content (AvgIpc) is 2.61. The lowest BCUT2D eigenvalue weighted by Gasteiger charge is -2.27. The lowest BCUT2D eigenvalue weighted by Crippen LogP contribution is -2.33. The highest BCUT2D eigenvalue weighted by atomic mass is 16.5. The molecule has 1 aromatic rings. The lowest BCUT2D eigenvalue weighted by molar-refractivity contribution is 0.0671. The summed E-state index contributed by atoms with van der Waals surface area (Å²) in [5.74, 6) is 0.